The molecule has 2 N–H and O–H groups in total. The van der Waals surface area contributed by atoms with Gasteiger partial charge in [-0.3, -0.25) is 9.59 Å². The van der Waals surface area contributed by atoms with E-state index in [9.17, 15) is 9.59 Å². The maximum absolute atomic E-state index is 12.9. The van der Waals surface area contributed by atoms with Crippen LogP contribution in [0.4, 0.5) is 0 Å². The number of furan rings is 1. The molecule has 0 aliphatic carbocycles. The molecule has 31 heavy (non-hydrogen) atoms. The highest BCUT2D eigenvalue weighted by Gasteiger charge is 2.17. The van der Waals surface area contributed by atoms with Gasteiger partial charge in [-0.25, -0.2) is 0 Å². The quantitative estimate of drug-likeness (QED) is 0.473. The lowest BCUT2D eigenvalue weighted by molar-refractivity contribution is -0.118. The number of rotatable bonds is 10. The minimum atomic E-state index is -0.151. The van der Waals surface area contributed by atoms with Crippen molar-refractivity contribution in [3.63, 3.8) is 0 Å². The summed E-state index contributed by atoms with van der Waals surface area (Å²) in [7, 11) is 3.99. The highest BCUT2D eigenvalue weighted by Crippen LogP contribution is 2.23. The predicted molar refractivity (Wildman–Crippen MR) is 123 cm³/mol. The molecule has 0 unspecified atom stereocenters. The molecule has 0 spiro atoms. The van der Waals surface area contributed by atoms with Crippen LogP contribution in [0.2, 0.25) is 0 Å². The van der Waals surface area contributed by atoms with E-state index >= 15 is 0 Å². The van der Waals surface area contributed by atoms with Crippen LogP contribution in [0.3, 0.4) is 0 Å². The number of carbonyl (C=O) groups is 2. The van der Waals surface area contributed by atoms with Gasteiger partial charge in [0.05, 0.1) is 30.2 Å². The number of nitrogens with one attached hydrogen (secondary N) is 2. The summed E-state index contributed by atoms with van der Waals surface area (Å²) in [6.07, 6.45) is 1.57. The fraction of sp³-hybridized carbons (Fsp3) is 0.250. The molecule has 0 saturated carbocycles. The van der Waals surface area contributed by atoms with Crippen LogP contribution in [-0.2, 0) is 11.3 Å². The third kappa shape index (κ3) is 6.73. The van der Waals surface area contributed by atoms with Gasteiger partial charge in [-0.2, -0.15) is 0 Å². The van der Waals surface area contributed by atoms with Gasteiger partial charge in [0.15, 0.2) is 0 Å². The largest absolute Gasteiger partial charge is 0.467 e. The minimum absolute atomic E-state index is 0.0670. The Hall–Kier alpha value is -3.03. The lowest BCUT2D eigenvalue weighted by Gasteiger charge is -2.25. The Kier molecular flexibility index (Phi) is 8.32. The van der Waals surface area contributed by atoms with E-state index in [2.05, 4.69) is 27.7 Å². The van der Waals surface area contributed by atoms with Crippen molar-refractivity contribution in [2.24, 2.45) is 0 Å². The van der Waals surface area contributed by atoms with E-state index in [-0.39, 0.29) is 23.6 Å². The number of benzene rings is 2. The number of carbonyl (C=O) groups excluding carboxylic acids is 2. The monoisotopic (exact) mass is 437 g/mol. The molecule has 1 aromatic heterocycles. The molecule has 3 rings (SSSR count). The van der Waals surface area contributed by atoms with Crippen LogP contribution in [0.25, 0.3) is 0 Å². The third-order valence-electron chi connectivity index (χ3n) is 4.79. The molecule has 0 aliphatic rings. The zero-order valence-electron chi connectivity index (χ0n) is 17.7. The van der Waals surface area contributed by atoms with Gasteiger partial charge in [0.25, 0.3) is 5.91 Å². The molecule has 0 radical (unpaired) electrons. The second kappa shape index (κ2) is 11.4. The van der Waals surface area contributed by atoms with Gasteiger partial charge in [0.1, 0.15) is 5.76 Å². The summed E-state index contributed by atoms with van der Waals surface area (Å²) in [6, 6.07) is 21.1. The van der Waals surface area contributed by atoms with Crippen molar-refractivity contribution in [2.75, 3.05) is 26.4 Å². The van der Waals surface area contributed by atoms with Gasteiger partial charge in [-0.1, -0.05) is 42.5 Å². The van der Waals surface area contributed by atoms with Gasteiger partial charge in [0.2, 0.25) is 5.91 Å². The van der Waals surface area contributed by atoms with Crippen molar-refractivity contribution >= 4 is 23.6 Å². The summed E-state index contributed by atoms with van der Waals surface area (Å²) < 4.78 is 5.21. The average Bonchev–Trinajstić information content (AvgIpc) is 3.31. The number of likely N-dealkylation sites (N-methyl/N-ethyl adjacent to an activating group) is 1. The van der Waals surface area contributed by atoms with Gasteiger partial charge in [0, 0.05) is 11.4 Å². The first-order chi connectivity index (χ1) is 15.0. The van der Waals surface area contributed by atoms with Crippen LogP contribution in [0, 0.1) is 0 Å². The van der Waals surface area contributed by atoms with Crippen LogP contribution in [0.5, 0.6) is 0 Å². The highest BCUT2D eigenvalue weighted by molar-refractivity contribution is 8.00. The van der Waals surface area contributed by atoms with Crippen LogP contribution in [-0.4, -0.2) is 43.1 Å². The Labute approximate surface area is 187 Å². The molecule has 1 heterocycles. The number of thioether (sulfide) groups is 1. The van der Waals surface area contributed by atoms with Crippen LogP contribution in [0.15, 0.2) is 82.3 Å². The van der Waals surface area contributed by atoms with E-state index in [0.29, 0.717) is 24.4 Å². The predicted octanol–water partition coefficient (Wildman–Crippen LogP) is 3.72. The van der Waals surface area contributed by atoms with Gasteiger partial charge >= 0.3 is 0 Å². The third-order valence-corrected chi connectivity index (χ3v) is 5.87. The topological polar surface area (TPSA) is 74.6 Å². The molecule has 6 nitrogen and oxygen atoms in total. The van der Waals surface area contributed by atoms with E-state index in [1.807, 2.05) is 56.6 Å². The number of amides is 2. The highest BCUT2D eigenvalue weighted by atomic mass is 32.2. The molecular formula is C24H27N3O3S. The standard InChI is InChI=1S/C24H27N3O3S/c1-27(2)21(18-9-4-3-5-10-18)16-26-24(29)20-12-6-7-13-22(20)31-17-23(28)25-15-19-11-8-14-30-19/h3-14,21H,15-17H2,1-2H3,(H,25,28)(H,26,29)/t21-/m0/s1. The van der Waals surface area contributed by atoms with Crippen LogP contribution in [0.1, 0.15) is 27.7 Å². The molecular weight excluding hydrogens is 410 g/mol. The van der Waals surface area contributed by atoms with Crippen molar-refractivity contribution in [3.8, 4) is 0 Å². The zero-order chi connectivity index (χ0) is 22.1. The van der Waals surface area contributed by atoms with Crippen molar-refractivity contribution in [2.45, 2.75) is 17.5 Å². The fourth-order valence-corrected chi connectivity index (χ4v) is 4.01. The Morgan fingerprint density at radius 2 is 1.71 bits per heavy atom. The Morgan fingerprint density at radius 1 is 0.968 bits per heavy atom. The average molecular weight is 438 g/mol. The molecule has 7 heteroatoms. The van der Waals surface area contributed by atoms with Gasteiger partial charge in [-0.05, 0) is 43.9 Å². The van der Waals surface area contributed by atoms with E-state index in [0.717, 1.165) is 10.5 Å². The summed E-state index contributed by atoms with van der Waals surface area (Å²) in [6.45, 7) is 0.832. The fourth-order valence-electron chi connectivity index (χ4n) is 3.13. The van der Waals surface area contributed by atoms with Crippen molar-refractivity contribution in [1.82, 2.24) is 15.5 Å². The summed E-state index contributed by atoms with van der Waals surface area (Å²) in [5, 5.41) is 5.86. The zero-order valence-corrected chi connectivity index (χ0v) is 18.5. The molecule has 2 amide bonds. The number of hydrogen-bond acceptors (Lipinski definition) is 5. The second-order valence-corrected chi connectivity index (χ2v) is 8.26. The summed E-state index contributed by atoms with van der Waals surface area (Å²) in [5.41, 5.74) is 1.71. The van der Waals surface area contributed by atoms with E-state index < -0.39 is 0 Å². The van der Waals surface area contributed by atoms with Crippen molar-refractivity contribution in [3.05, 3.63) is 89.9 Å². The van der Waals surface area contributed by atoms with Gasteiger partial charge in [-0.15, -0.1) is 11.8 Å². The van der Waals surface area contributed by atoms with E-state index in [4.69, 9.17) is 4.42 Å². The molecule has 2 aromatic carbocycles. The molecule has 3 aromatic rings. The normalized spacial score (nSPS) is 11.8. The number of nitrogens with zero attached hydrogens (tertiary/aromatic N) is 1. The van der Waals surface area contributed by atoms with Crippen LogP contribution < -0.4 is 10.6 Å². The smallest absolute Gasteiger partial charge is 0.252 e. The summed E-state index contributed by atoms with van der Waals surface area (Å²) in [5.74, 6) is 0.650. The Bertz CT molecular complexity index is 975. The summed E-state index contributed by atoms with van der Waals surface area (Å²) in [4.78, 5) is 27.9. The SMILES string of the molecule is CN(C)[C@@H](CNC(=O)c1ccccc1SCC(=O)NCc1ccco1)c1ccccc1. The maximum atomic E-state index is 12.9. The lowest BCUT2D eigenvalue weighted by Crippen LogP contribution is -2.34. The van der Waals surface area contributed by atoms with Crippen molar-refractivity contribution in [1.29, 1.82) is 0 Å². The van der Waals surface area contributed by atoms with Crippen molar-refractivity contribution < 1.29 is 14.0 Å². The van der Waals surface area contributed by atoms with Gasteiger partial charge < -0.3 is 20.0 Å². The molecule has 0 aliphatic heterocycles. The first-order valence-electron chi connectivity index (χ1n) is 10.0. The van der Waals surface area contributed by atoms with Crippen LogP contribution >= 0.6 is 11.8 Å². The minimum Gasteiger partial charge on any atom is -0.467 e. The lowest BCUT2D eigenvalue weighted by atomic mass is 10.1. The molecule has 1 atom stereocenters. The first kappa shape index (κ1) is 22.7. The van der Waals surface area contributed by atoms with E-state index in [1.54, 1.807) is 18.4 Å². The maximum Gasteiger partial charge on any atom is 0.252 e. The summed E-state index contributed by atoms with van der Waals surface area (Å²) >= 11 is 1.34. The molecule has 0 fully saturated rings. The Morgan fingerprint density at radius 3 is 2.42 bits per heavy atom. The second-order valence-electron chi connectivity index (χ2n) is 7.24. The number of hydrogen-bond donors (Lipinski definition) is 2. The Balaban J connectivity index is 1.57. The first-order valence-corrected chi connectivity index (χ1v) is 11.0. The van der Waals surface area contributed by atoms with E-state index in [1.165, 1.54) is 11.8 Å². The molecule has 0 saturated heterocycles. The molecule has 0 bridgehead atoms. The molecule has 162 valence electrons.